The highest BCUT2D eigenvalue weighted by Gasteiger charge is 2.34. The molecule has 1 amide bonds. The van der Waals surface area contributed by atoms with E-state index in [9.17, 15) is 4.79 Å². The van der Waals surface area contributed by atoms with Crippen LogP contribution in [0, 0.1) is 0 Å². The maximum atomic E-state index is 11.4. The first-order chi connectivity index (χ1) is 12.2. The summed E-state index contributed by atoms with van der Waals surface area (Å²) in [4.78, 5) is 24.2. The number of allylic oxidation sites excluding steroid dienone is 2. The molecule has 134 valence electrons. The van der Waals surface area contributed by atoms with Crippen LogP contribution in [0.2, 0.25) is 0 Å². The molecule has 25 heavy (non-hydrogen) atoms. The topological polar surface area (TPSA) is 53.9 Å². The summed E-state index contributed by atoms with van der Waals surface area (Å²) in [5.74, 6) is 0.267. The standard InChI is InChI=1S/C19H24ClN3O2/c1-14(24)22-25-19-17(13-15-7-3-2-4-8-15)21-16-9-5-6-10-18(16)23(19)12-11-20/h2-4,7-8,19H,5-6,9-13H2,1H3,(H,22,24). The molecule has 0 spiro atoms. The molecular formula is C19H24ClN3O2. The molecular weight excluding hydrogens is 338 g/mol. The number of rotatable bonds is 6. The van der Waals surface area contributed by atoms with E-state index in [1.54, 1.807) is 0 Å². The van der Waals surface area contributed by atoms with Gasteiger partial charge in [-0.2, -0.15) is 0 Å². The van der Waals surface area contributed by atoms with Crippen molar-refractivity contribution in [3.05, 3.63) is 47.3 Å². The molecule has 6 heteroatoms. The number of benzene rings is 1. The van der Waals surface area contributed by atoms with E-state index in [4.69, 9.17) is 21.4 Å². The van der Waals surface area contributed by atoms with Crippen LogP contribution >= 0.6 is 11.6 Å². The molecule has 0 radical (unpaired) electrons. The molecule has 1 aliphatic heterocycles. The Morgan fingerprint density at radius 2 is 2.08 bits per heavy atom. The van der Waals surface area contributed by atoms with Crippen LogP contribution in [0.25, 0.3) is 0 Å². The molecule has 0 saturated carbocycles. The normalized spacial score (nSPS) is 20.2. The first-order valence-electron chi connectivity index (χ1n) is 8.77. The van der Waals surface area contributed by atoms with Crippen LogP contribution in [0.3, 0.4) is 0 Å². The highest BCUT2D eigenvalue weighted by atomic mass is 35.5. The predicted octanol–water partition coefficient (Wildman–Crippen LogP) is 3.40. The lowest BCUT2D eigenvalue weighted by molar-refractivity contribution is -0.139. The minimum atomic E-state index is -0.417. The molecule has 3 rings (SSSR count). The fourth-order valence-electron chi connectivity index (χ4n) is 3.40. The summed E-state index contributed by atoms with van der Waals surface area (Å²) < 4.78 is 0. The van der Waals surface area contributed by atoms with Crippen molar-refractivity contribution in [2.75, 3.05) is 12.4 Å². The first kappa shape index (κ1) is 18.0. The van der Waals surface area contributed by atoms with Gasteiger partial charge in [0.15, 0.2) is 6.23 Å². The second-order valence-corrected chi connectivity index (χ2v) is 6.75. The van der Waals surface area contributed by atoms with E-state index in [-0.39, 0.29) is 5.91 Å². The maximum absolute atomic E-state index is 11.4. The van der Waals surface area contributed by atoms with E-state index in [0.717, 1.165) is 37.1 Å². The molecule has 1 atom stereocenters. The minimum Gasteiger partial charge on any atom is -0.340 e. The van der Waals surface area contributed by atoms with Gasteiger partial charge in [-0.05, 0) is 31.2 Å². The number of alkyl halides is 1. The second kappa shape index (κ2) is 8.50. The van der Waals surface area contributed by atoms with Gasteiger partial charge in [0.2, 0.25) is 5.91 Å². The fraction of sp³-hybridized carbons (Fsp3) is 0.474. The van der Waals surface area contributed by atoms with Crippen molar-refractivity contribution in [3.8, 4) is 0 Å². The van der Waals surface area contributed by atoms with Crippen molar-refractivity contribution in [1.29, 1.82) is 0 Å². The zero-order valence-electron chi connectivity index (χ0n) is 14.5. The van der Waals surface area contributed by atoms with Crippen molar-refractivity contribution in [1.82, 2.24) is 10.4 Å². The van der Waals surface area contributed by atoms with Gasteiger partial charge in [0.1, 0.15) is 0 Å². The molecule has 0 aromatic heterocycles. The smallest absolute Gasteiger partial charge is 0.240 e. The zero-order chi connectivity index (χ0) is 17.6. The van der Waals surface area contributed by atoms with E-state index >= 15 is 0 Å². The minimum absolute atomic E-state index is 0.228. The van der Waals surface area contributed by atoms with Crippen LogP contribution in [-0.4, -0.2) is 35.2 Å². The van der Waals surface area contributed by atoms with Crippen molar-refractivity contribution in [2.24, 2.45) is 4.99 Å². The van der Waals surface area contributed by atoms with Crippen LogP contribution in [0.1, 0.15) is 38.2 Å². The molecule has 2 aliphatic rings. The quantitative estimate of drug-likeness (QED) is 0.624. The van der Waals surface area contributed by atoms with E-state index in [1.165, 1.54) is 18.2 Å². The Morgan fingerprint density at radius 1 is 1.32 bits per heavy atom. The number of nitrogens with zero attached hydrogens (tertiary/aromatic N) is 2. The highest BCUT2D eigenvalue weighted by Crippen LogP contribution is 2.34. The highest BCUT2D eigenvalue weighted by molar-refractivity contribution is 6.18. The summed E-state index contributed by atoms with van der Waals surface area (Å²) in [6.07, 6.45) is 4.54. The van der Waals surface area contributed by atoms with Gasteiger partial charge < -0.3 is 4.90 Å². The molecule has 1 N–H and O–H groups in total. The van der Waals surface area contributed by atoms with Crippen molar-refractivity contribution < 1.29 is 9.63 Å². The van der Waals surface area contributed by atoms with E-state index in [2.05, 4.69) is 22.5 Å². The number of halogens is 1. The Labute approximate surface area is 153 Å². The van der Waals surface area contributed by atoms with Crippen molar-refractivity contribution in [2.45, 2.75) is 45.3 Å². The number of carbonyl (C=O) groups excluding carboxylic acids is 1. The average molecular weight is 362 g/mol. The van der Waals surface area contributed by atoms with Gasteiger partial charge in [-0.15, -0.1) is 11.6 Å². The number of hydrogen-bond acceptors (Lipinski definition) is 4. The lowest BCUT2D eigenvalue weighted by Crippen LogP contribution is -2.50. The third-order valence-corrected chi connectivity index (χ3v) is 4.64. The number of carbonyl (C=O) groups is 1. The van der Waals surface area contributed by atoms with E-state index < -0.39 is 6.23 Å². The molecule has 0 bridgehead atoms. The summed E-state index contributed by atoms with van der Waals surface area (Å²) >= 11 is 6.05. The first-order valence-corrected chi connectivity index (χ1v) is 9.30. The van der Waals surface area contributed by atoms with Crippen molar-refractivity contribution >= 4 is 23.2 Å². The molecule has 1 aromatic rings. The van der Waals surface area contributed by atoms with Gasteiger partial charge in [-0.3, -0.25) is 9.79 Å². The molecule has 1 heterocycles. The summed E-state index contributed by atoms with van der Waals surface area (Å²) in [6.45, 7) is 2.10. The predicted molar refractivity (Wildman–Crippen MR) is 99.2 cm³/mol. The lowest BCUT2D eigenvalue weighted by Gasteiger charge is -2.40. The van der Waals surface area contributed by atoms with E-state index in [0.29, 0.717) is 18.8 Å². The van der Waals surface area contributed by atoms with Crippen LogP contribution in [0.15, 0.2) is 46.7 Å². The van der Waals surface area contributed by atoms with Crippen LogP contribution in [0.4, 0.5) is 0 Å². The summed E-state index contributed by atoms with van der Waals surface area (Å²) in [5, 5.41) is 0. The molecule has 1 aliphatic carbocycles. The summed E-state index contributed by atoms with van der Waals surface area (Å²) in [7, 11) is 0. The van der Waals surface area contributed by atoms with Crippen LogP contribution < -0.4 is 5.48 Å². The Hall–Kier alpha value is -1.85. The molecule has 0 fully saturated rings. The van der Waals surface area contributed by atoms with Gasteiger partial charge in [0.25, 0.3) is 0 Å². The lowest BCUT2D eigenvalue weighted by atomic mass is 9.96. The maximum Gasteiger partial charge on any atom is 0.240 e. The number of amides is 1. The molecule has 5 nitrogen and oxygen atoms in total. The fourth-order valence-corrected chi connectivity index (χ4v) is 3.58. The summed E-state index contributed by atoms with van der Waals surface area (Å²) in [5.41, 5.74) is 6.92. The van der Waals surface area contributed by atoms with Gasteiger partial charge in [-0.1, -0.05) is 30.3 Å². The summed E-state index contributed by atoms with van der Waals surface area (Å²) in [6, 6.07) is 10.2. The second-order valence-electron chi connectivity index (χ2n) is 6.38. The number of hydrogen-bond donors (Lipinski definition) is 1. The molecule has 1 unspecified atom stereocenters. The largest absolute Gasteiger partial charge is 0.340 e. The molecule has 0 saturated heterocycles. The van der Waals surface area contributed by atoms with Gasteiger partial charge >= 0.3 is 0 Å². The average Bonchev–Trinajstić information content (AvgIpc) is 2.62. The van der Waals surface area contributed by atoms with Crippen LogP contribution in [-0.2, 0) is 16.1 Å². The van der Waals surface area contributed by atoms with Gasteiger partial charge in [0, 0.05) is 31.5 Å². The number of aliphatic imine (C=N–C) groups is 1. The molecule has 1 aromatic carbocycles. The Morgan fingerprint density at radius 3 is 2.80 bits per heavy atom. The van der Waals surface area contributed by atoms with Gasteiger partial charge in [0.05, 0.1) is 11.4 Å². The van der Waals surface area contributed by atoms with Crippen LogP contribution in [0.5, 0.6) is 0 Å². The Balaban J connectivity index is 1.92. The van der Waals surface area contributed by atoms with Crippen molar-refractivity contribution in [3.63, 3.8) is 0 Å². The van der Waals surface area contributed by atoms with E-state index in [1.807, 2.05) is 18.2 Å². The third kappa shape index (κ3) is 4.41. The Kier molecular flexibility index (Phi) is 6.10. The third-order valence-electron chi connectivity index (χ3n) is 4.47. The zero-order valence-corrected chi connectivity index (χ0v) is 15.3. The number of hydroxylamine groups is 1. The Bertz CT molecular complexity index is 673. The number of nitrogens with one attached hydrogen (secondary N) is 1. The monoisotopic (exact) mass is 361 g/mol. The van der Waals surface area contributed by atoms with Gasteiger partial charge in [-0.25, -0.2) is 10.3 Å². The SMILES string of the molecule is CC(=O)NOC1C(Cc2ccccc2)=NC2=C(CCCC2)N1CCCl.